The minimum atomic E-state index is -0.654. The molecule has 0 amide bonds. The van der Waals surface area contributed by atoms with Gasteiger partial charge in [-0.05, 0) is 37.9 Å². The third kappa shape index (κ3) is 11.6. The summed E-state index contributed by atoms with van der Waals surface area (Å²) in [7, 11) is 0. The van der Waals surface area contributed by atoms with Crippen molar-refractivity contribution in [3.8, 4) is 0 Å². The van der Waals surface area contributed by atoms with E-state index in [1.165, 1.54) is 0 Å². The maximum atomic E-state index is 11.8. The Morgan fingerprint density at radius 1 is 1.07 bits per heavy atom. The Labute approximate surface area is 163 Å². The van der Waals surface area contributed by atoms with Gasteiger partial charge in [-0.1, -0.05) is 44.2 Å². The van der Waals surface area contributed by atoms with Crippen molar-refractivity contribution < 1.29 is 24.1 Å². The van der Waals surface area contributed by atoms with Crippen molar-refractivity contribution in [2.75, 3.05) is 39.5 Å². The number of ether oxygens (including phenoxy) is 3. The number of carbonyl (C=O) groups is 1. The van der Waals surface area contributed by atoms with Gasteiger partial charge in [-0.25, -0.2) is 4.79 Å². The van der Waals surface area contributed by atoms with Crippen LogP contribution in [0.5, 0.6) is 0 Å². The zero-order valence-corrected chi connectivity index (χ0v) is 16.8. The lowest BCUT2D eigenvalue weighted by molar-refractivity contribution is 0.00693. The lowest BCUT2D eigenvalue weighted by Crippen LogP contribution is -2.26. The zero-order valence-electron chi connectivity index (χ0n) is 16.8. The number of aliphatic hydroxyl groups is 1. The number of carbonyl (C=O) groups excluding carboxylic acids is 1. The molecule has 0 saturated carbocycles. The van der Waals surface area contributed by atoms with Crippen LogP contribution in [0.2, 0.25) is 0 Å². The van der Waals surface area contributed by atoms with Crippen molar-refractivity contribution in [2.24, 2.45) is 0 Å². The van der Waals surface area contributed by atoms with Gasteiger partial charge < -0.3 is 24.2 Å². The second-order valence-electron chi connectivity index (χ2n) is 6.41. The number of rotatable bonds is 15. The minimum absolute atomic E-state index is 0.0230. The average molecular weight is 382 g/mol. The predicted molar refractivity (Wildman–Crippen MR) is 106 cm³/mol. The topological polar surface area (TPSA) is 68.2 Å². The largest absolute Gasteiger partial charge is 0.508 e. The Balaban J connectivity index is 2.15. The highest BCUT2D eigenvalue weighted by atomic mass is 16.7. The quantitative estimate of drug-likeness (QED) is 0.370. The molecular formula is C21H35NO5. The van der Waals surface area contributed by atoms with Crippen LogP contribution in [0.25, 0.3) is 0 Å². The minimum Gasteiger partial charge on any atom is -0.434 e. The standard InChI is InChI=1S/C21H35NO5/c1-3-22(4-2)14-9-17-26-21(24)27-20(13-15-23)12-8-16-25-18-19-10-6-5-7-11-19/h5-7,10-11,20,23H,3-4,8-9,12-18H2,1-2H3. The molecule has 0 heterocycles. The summed E-state index contributed by atoms with van der Waals surface area (Å²) >= 11 is 0. The third-order valence-corrected chi connectivity index (χ3v) is 4.37. The molecule has 6 heteroatoms. The molecule has 0 bridgehead atoms. The molecule has 0 aliphatic heterocycles. The highest BCUT2D eigenvalue weighted by Gasteiger charge is 2.15. The molecule has 1 unspecified atom stereocenters. The Bertz CT molecular complexity index is 479. The first-order chi connectivity index (χ1) is 13.2. The van der Waals surface area contributed by atoms with Gasteiger partial charge in [0, 0.05) is 26.2 Å². The summed E-state index contributed by atoms with van der Waals surface area (Å²) in [5.41, 5.74) is 1.13. The summed E-state index contributed by atoms with van der Waals surface area (Å²) in [6, 6.07) is 9.99. The van der Waals surface area contributed by atoms with E-state index in [1.807, 2.05) is 30.3 Å². The number of nitrogens with zero attached hydrogens (tertiary/aromatic N) is 1. The predicted octanol–water partition coefficient (Wildman–Crippen LogP) is 3.62. The Morgan fingerprint density at radius 2 is 1.81 bits per heavy atom. The van der Waals surface area contributed by atoms with Crippen LogP contribution in [0.4, 0.5) is 4.79 Å². The summed E-state index contributed by atoms with van der Waals surface area (Å²) in [6.07, 6.45) is 1.60. The van der Waals surface area contributed by atoms with Gasteiger partial charge in [-0.2, -0.15) is 0 Å². The molecule has 27 heavy (non-hydrogen) atoms. The van der Waals surface area contributed by atoms with Crippen LogP contribution in [0.1, 0.15) is 45.1 Å². The van der Waals surface area contributed by atoms with E-state index in [0.717, 1.165) is 38.0 Å². The molecule has 0 aromatic heterocycles. The van der Waals surface area contributed by atoms with Gasteiger partial charge in [0.2, 0.25) is 0 Å². The van der Waals surface area contributed by atoms with E-state index in [0.29, 0.717) is 32.7 Å². The van der Waals surface area contributed by atoms with Crippen molar-refractivity contribution in [3.05, 3.63) is 35.9 Å². The molecule has 0 spiro atoms. The zero-order chi connectivity index (χ0) is 19.7. The van der Waals surface area contributed by atoms with Gasteiger partial charge in [-0.15, -0.1) is 0 Å². The highest BCUT2D eigenvalue weighted by molar-refractivity contribution is 5.60. The normalized spacial score (nSPS) is 12.1. The van der Waals surface area contributed by atoms with Crippen LogP contribution in [-0.2, 0) is 20.8 Å². The molecule has 1 aromatic rings. The molecule has 1 atom stereocenters. The van der Waals surface area contributed by atoms with Gasteiger partial charge in [0.1, 0.15) is 6.10 Å². The van der Waals surface area contributed by atoms with Gasteiger partial charge in [-0.3, -0.25) is 0 Å². The lowest BCUT2D eigenvalue weighted by atomic mass is 10.1. The molecule has 0 radical (unpaired) electrons. The van der Waals surface area contributed by atoms with Gasteiger partial charge in [0.05, 0.1) is 13.2 Å². The van der Waals surface area contributed by atoms with Crippen molar-refractivity contribution in [1.82, 2.24) is 4.90 Å². The van der Waals surface area contributed by atoms with Crippen LogP contribution >= 0.6 is 0 Å². The third-order valence-electron chi connectivity index (χ3n) is 4.37. The van der Waals surface area contributed by atoms with Crippen LogP contribution in [0, 0.1) is 0 Å². The van der Waals surface area contributed by atoms with Crippen molar-refractivity contribution in [3.63, 3.8) is 0 Å². The molecule has 0 fully saturated rings. The molecule has 0 aliphatic rings. The van der Waals surface area contributed by atoms with Crippen molar-refractivity contribution >= 4 is 6.16 Å². The molecule has 1 rings (SSSR count). The van der Waals surface area contributed by atoms with Gasteiger partial charge in [0.15, 0.2) is 0 Å². The SMILES string of the molecule is CCN(CC)CCCOC(=O)OC(CCO)CCCOCc1ccccc1. The molecule has 0 saturated heterocycles. The van der Waals surface area contributed by atoms with E-state index < -0.39 is 6.16 Å². The van der Waals surface area contributed by atoms with Crippen LogP contribution in [-0.4, -0.2) is 61.7 Å². The number of aliphatic hydroxyl groups excluding tert-OH is 1. The number of hydrogen-bond acceptors (Lipinski definition) is 6. The number of benzene rings is 1. The molecule has 0 aliphatic carbocycles. The van der Waals surface area contributed by atoms with E-state index in [-0.39, 0.29) is 12.7 Å². The van der Waals surface area contributed by atoms with Gasteiger partial charge in [0.25, 0.3) is 0 Å². The first-order valence-electron chi connectivity index (χ1n) is 9.97. The fraction of sp³-hybridized carbons (Fsp3) is 0.667. The Morgan fingerprint density at radius 3 is 2.48 bits per heavy atom. The second kappa shape index (κ2) is 15.4. The molecule has 1 aromatic carbocycles. The smallest absolute Gasteiger partial charge is 0.434 e. The molecule has 6 nitrogen and oxygen atoms in total. The van der Waals surface area contributed by atoms with E-state index in [1.54, 1.807) is 0 Å². The fourth-order valence-electron chi connectivity index (χ4n) is 2.74. The molecular weight excluding hydrogens is 346 g/mol. The highest BCUT2D eigenvalue weighted by Crippen LogP contribution is 2.10. The Hall–Kier alpha value is -1.63. The second-order valence-corrected chi connectivity index (χ2v) is 6.41. The lowest BCUT2D eigenvalue weighted by Gasteiger charge is -2.19. The summed E-state index contributed by atoms with van der Waals surface area (Å²) in [4.78, 5) is 14.1. The average Bonchev–Trinajstić information content (AvgIpc) is 2.68. The van der Waals surface area contributed by atoms with Crippen molar-refractivity contribution in [1.29, 1.82) is 0 Å². The first kappa shape index (κ1) is 23.4. The molecule has 1 N–H and O–H groups in total. The van der Waals surface area contributed by atoms with E-state index in [4.69, 9.17) is 19.3 Å². The van der Waals surface area contributed by atoms with Crippen LogP contribution in [0.15, 0.2) is 30.3 Å². The summed E-state index contributed by atoms with van der Waals surface area (Å²) in [5.74, 6) is 0. The summed E-state index contributed by atoms with van der Waals surface area (Å²) in [6.45, 7) is 8.59. The van der Waals surface area contributed by atoms with Crippen LogP contribution < -0.4 is 0 Å². The monoisotopic (exact) mass is 381 g/mol. The van der Waals surface area contributed by atoms with E-state index >= 15 is 0 Å². The van der Waals surface area contributed by atoms with E-state index in [2.05, 4.69) is 18.7 Å². The maximum absolute atomic E-state index is 11.8. The number of hydrogen-bond donors (Lipinski definition) is 1. The Kier molecular flexibility index (Phi) is 13.4. The van der Waals surface area contributed by atoms with Gasteiger partial charge >= 0.3 is 6.16 Å². The molecule has 154 valence electrons. The van der Waals surface area contributed by atoms with E-state index in [9.17, 15) is 4.79 Å². The summed E-state index contributed by atoms with van der Waals surface area (Å²) in [5, 5.41) is 9.16. The maximum Gasteiger partial charge on any atom is 0.508 e. The fourth-order valence-corrected chi connectivity index (χ4v) is 2.74. The van der Waals surface area contributed by atoms with Crippen LogP contribution in [0.3, 0.4) is 0 Å². The first-order valence-corrected chi connectivity index (χ1v) is 9.97. The summed E-state index contributed by atoms with van der Waals surface area (Å²) < 4.78 is 16.1. The van der Waals surface area contributed by atoms with Crippen molar-refractivity contribution in [2.45, 2.75) is 52.2 Å².